The number of Topliss-reactive ketones (excluding diaryl/α,β-unsaturated/α-hetero) is 1. The van der Waals surface area contributed by atoms with Crippen molar-refractivity contribution in [1.29, 1.82) is 5.26 Å². The van der Waals surface area contributed by atoms with Crippen LogP contribution in [0.5, 0.6) is 0 Å². The van der Waals surface area contributed by atoms with Crippen LogP contribution in [-0.4, -0.2) is 29.8 Å². The van der Waals surface area contributed by atoms with Crippen molar-refractivity contribution in [2.75, 3.05) is 13.1 Å². The Morgan fingerprint density at radius 2 is 1.55 bits per heavy atom. The Labute approximate surface area is 121 Å². The summed E-state index contributed by atoms with van der Waals surface area (Å²) in [5.41, 5.74) is 0.268. The predicted octanol–water partition coefficient (Wildman–Crippen LogP) is 2.76. The van der Waals surface area contributed by atoms with Crippen LogP contribution in [0.15, 0.2) is 0 Å². The minimum absolute atomic E-state index is 0.0731. The van der Waals surface area contributed by atoms with Crippen LogP contribution < -0.4 is 0 Å². The van der Waals surface area contributed by atoms with Crippen LogP contribution in [0.25, 0.3) is 0 Å². The van der Waals surface area contributed by atoms with Gasteiger partial charge in [-0.05, 0) is 56.3 Å². The summed E-state index contributed by atoms with van der Waals surface area (Å²) in [6.45, 7) is 1.64. The molecule has 4 bridgehead atoms. The second-order valence-corrected chi connectivity index (χ2v) is 7.89. The maximum atomic E-state index is 11.5. The number of ketones is 1. The summed E-state index contributed by atoms with van der Waals surface area (Å²) < 4.78 is 0. The van der Waals surface area contributed by atoms with E-state index in [9.17, 15) is 10.1 Å². The monoisotopic (exact) mass is 272 g/mol. The number of nitriles is 1. The molecule has 0 spiro atoms. The molecule has 108 valence electrons. The molecular weight excluding hydrogens is 248 g/mol. The third-order valence-corrected chi connectivity index (χ3v) is 6.51. The number of carbonyl (C=O) groups is 1. The molecule has 5 rings (SSSR count). The molecule has 1 saturated heterocycles. The van der Waals surface area contributed by atoms with Gasteiger partial charge in [-0.2, -0.15) is 5.26 Å². The van der Waals surface area contributed by atoms with E-state index in [1.807, 2.05) is 0 Å². The molecule has 0 aromatic rings. The Hall–Kier alpha value is -0.880. The molecule has 5 aliphatic rings. The molecule has 20 heavy (non-hydrogen) atoms. The predicted molar refractivity (Wildman–Crippen MR) is 75.8 cm³/mol. The zero-order chi connectivity index (χ0) is 13.7. The topological polar surface area (TPSA) is 44.1 Å². The number of piperidine rings is 1. The third-order valence-electron chi connectivity index (χ3n) is 6.51. The SMILES string of the molecule is N#CC(N1CCC(=O)CC1)C12CC3CC(CC(C3)C1)C2. The van der Waals surface area contributed by atoms with Gasteiger partial charge in [-0.1, -0.05) is 0 Å². The summed E-state index contributed by atoms with van der Waals surface area (Å²) in [5.74, 6) is 3.05. The number of hydrogen-bond donors (Lipinski definition) is 0. The molecule has 0 radical (unpaired) electrons. The highest BCUT2D eigenvalue weighted by Crippen LogP contribution is 2.61. The third kappa shape index (κ3) is 1.92. The van der Waals surface area contributed by atoms with E-state index in [1.54, 1.807) is 0 Å². The largest absolute Gasteiger partial charge is 0.300 e. The Morgan fingerprint density at radius 3 is 2.00 bits per heavy atom. The van der Waals surface area contributed by atoms with Gasteiger partial charge in [0.25, 0.3) is 0 Å². The van der Waals surface area contributed by atoms with Gasteiger partial charge in [0.1, 0.15) is 11.8 Å². The minimum atomic E-state index is 0.0731. The first kappa shape index (κ1) is 12.8. The van der Waals surface area contributed by atoms with Crippen molar-refractivity contribution < 1.29 is 4.79 Å². The van der Waals surface area contributed by atoms with Crippen molar-refractivity contribution >= 4 is 5.78 Å². The maximum Gasteiger partial charge on any atom is 0.135 e. The van der Waals surface area contributed by atoms with E-state index in [4.69, 9.17) is 0 Å². The Balaban J connectivity index is 1.58. The van der Waals surface area contributed by atoms with Crippen molar-refractivity contribution in [2.24, 2.45) is 23.2 Å². The van der Waals surface area contributed by atoms with Crippen molar-refractivity contribution in [3.63, 3.8) is 0 Å². The number of hydrogen-bond acceptors (Lipinski definition) is 3. The van der Waals surface area contributed by atoms with Gasteiger partial charge in [-0.3, -0.25) is 9.69 Å². The van der Waals surface area contributed by atoms with E-state index < -0.39 is 0 Å². The molecule has 1 unspecified atom stereocenters. The maximum absolute atomic E-state index is 11.5. The van der Waals surface area contributed by atoms with Crippen LogP contribution >= 0.6 is 0 Å². The van der Waals surface area contributed by atoms with Crippen LogP contribution in [0.4, 0.5) is 0 Å². The lowest BCUT2D eigenvalue weighted by molar-refractivity contribution is -0.125. The summed E-state index contributed by atoms with van der Waals surface area (Å²) in [6, 6.07) is 2.73. The average molecular weight is 272 g/mol. The van der Waals surface area contributed by atoms with Crippen molar-refractivity contribution in [3.05, 3.63) is 0 Å². The van der Waals surface area contributed by atoms with Gasteiger partial charge < -0.3 is 0 Å². The Kier molecular flexibility index (Phi) is 2.93. The summed E-state index contributed by atoms with van der Waals surface area (Å²) in [4.78, 5) is 13.8. The first-order chi connectivity index (χ1) is 9.68. The number of nitrogens with zero attached hydrogens (tertiary/aromatic N) is 2. The summed E-state index contributed by atoms with van der Waals surface area (Å²) in [5, 5.41) is 9.83. The van der Waals surface area contributed by atoms with Gasteiger partial charge in [-0.15, -0.1) is 0 Å². The van der Waals surface area contributed by atoms with Crippen LogP contribution in [-0.2, 0) is 4.79 Å². The lowest BCUT2D eigenvalue weighted by Crippen LogP contribution is -2.57. The molecule has 3 heteroatoms. The fourth-order valence-corrected chi connectivity index (χ4v) is 6.15. The Morgan fingerprint density at radius 1 is 1.05 bits per heavy atom. The average Bonchev–Trinajstić information content (AvgIpc) is 2.40. The lowest BCUT2D eigenvalue weighted by atomic mass is 9.47. The molecule has 0 aromatic carbocycles. The van der Waals surface area contributed by atoms with Crippen LogP contribution in [0.2, 0.25) is 0 Å². The Bertz CT molecular complexity index is 419. The van der Waals surface area contributed by atoms with Gasteiger partial charge >= 0.3 is 0 Å². The first-order valence-electron chi connectivity index (χ1n) is 8.34. The van der Waals surface area contributed by atoms with Gasteiger partial charge in [0.2, 0.25) is 0 Å². The molecule has 4 saturated carbocycles. The molecule has 1 atom stereocenters. The quantitative estimate of drug-likeness (QED) is 0.776. The van der Waals surface area contributed by atoms with Gasteiger partial charge in [-0.25, -0.2) is 0 Å². The van der Waals surface area contributed by atoms with Crippen molar-refractivity contribution in [3.8, 4) is 6.07 Å². The lowest BCUT2D eigenvalue weighted by Gasteiger charge is -2.59. The minimum Gasteiger partial charge on any atom is -0.300 e. The zero-order valence-corrected chi connectivity index (χ0v) is 12.2. The highest BCUT2D eigenvalue weighted by atomic mass is 16.1. The highest BCUT2D eigenvalue weighted by Gasteiger charge is 2.55. The number of likely N-dealkylation sites (tertiary alicyclic amines) is 1. The summed E-state index contributed by atoms with van der Waals surface area (Å²) in [7, 11) is 0. The summed E-state index contributed by atoms with van der Waals surface area (Å²) in [6.07, 6.45) is 9.43. The van der Waals surface area contributed by atoms with E-state index in [1.165, 1.54) is 38.5 Å². The van der Waals surface area contributed by atoms with Crippen LogP contribution in [0.3, 0.4) is 0 Å². The highest BCUT2D eigenvalue weighted by molar-refractivity contribution is 5.79. The standard InChI is InChI=1S/C17H24N2O/c18-11-16(19-3-1-15(20)2-4-19)17-8-12-5-13(9-17)7-14(6-12)10-17/h12-14,16H,1-10H2. The second-order valence-electron chi connectivity index (χ2n) is 7.89. The zero-order valence-electron chi connectivity index (χ0n) is 12.2. The van der Waals surface area contributed by atoms with Gasteiger partial charge in [0, 0.05) is 31.3 Å². The fourth-order valence-electron chi connectivity index (χ4n) is 6.15. The number of carbonyl (C=O) groups excluding carboxylic acids is 1. The van der Waals surface area contributed by atoms with E-state index in [0.29, 0.717) is 18.6 Å². The van der Waals surface area contributed by atoms with E-state index >= 15 is 0 Å². The van der Waals surface area contributed by atoms with Crippen molar-refractivity contribution in [1.82, 2.24) is 4.90 Å². The van der Waals surface area contributed by atoms with Crippen LogP contribution in [0, 0.1) is 34.5 Å². The van der Waals surface area contributed by atoms with E-state index in [-0.39, 0.29) is 11.5 Å². The van der Waals surface area contributed by atoms with Gasteiger partial charge in [0.05, 0.1) is 6.07 Å². The molecule has 4 aliphatic carbocycles. The summed E-state index contributed by atoms with van der Waals surface area (Å²) >= 11 is 0. The number of rotatable bonds is 2. The van der Waals surface area contributed by atoms with E-state index in [0.717, 1.165) is 30.8 Å². The molecular formula is C17H24N2O. The molecule has 0 aromatic heterocycles. The molecule has 0 amide bonds. The second kappa shape index (κ2) is 4.56. The first-order valence-corrected chi connectivity index (χ1v) is 8.34. The van der Waals surface area contributed by atoms with E-state index in [2.05, 4.69) is 11.0 Å². The fraction of sp³-hybridized carbons (Fsp3) is 0.882. The van der Waals surface area contributed by atoms with Crippen molar-refractivity contribution in [2.45, 2.75) is 57.4 Å². The normalized spacial score (nSPS) is 45.4. The van der Waals surface area contributed by atoms with Gasteiger partial charge in [0.15, 0.2) is 0 Å². The molecule has 3 nitrogen and oxygen atoms in total. The smallest absolute Gasteiger partial charge is 0.135 e. The molecule has 1 aliphatic heterocycles. The molecule has 5 fully saturated rings. The van der Waals surface area contributed by atoms with Crippen LogP contribution in [0.1, 0.15) is 51.4 Å². The molecule has 0 N–H and O–H groups in total. The molecule has 1 heterocycles.